The van der Waals surface area contributed by atoms with Crippen molar-refractivity contribution < 1.29 is 9.59 Å². The average Bonchev–Trinajstić information content (AvgIpc) is 3.19. The first-order valence-corrected chi connectivity index (χ1v) is 9.33. The predicted molar refractivity (Wildman–Crippen MR) is 102 cm³/mol. The highest BCUT2D eigenvalue weighted by molar-refractivity contribution is 7.12. The zero-order valence-corrected chi connectivity index (χ0v) is 15.5. The normalized spacial score (nSPS) is 11.2. The molecule has 0 saturated carbocycles. The van der Waals surface area contributed by atoms with Crippen LogP contribution in [0.25, 0.3) is 0 Å². The van der Waals surface area contributed by atoms with E-state index in [9.17, 15) is 9.59 Å². The SMILES string of the molecule is CCC(N)(CC)CNC(=O)c1ccc(CNC(=O)c2cccs2)cc1. The highest BCUT2D eigenvalue weighted by atomic mass is 32.1. The molecule has 0 aliphatic carbocycles. The molecule has 0 radical (unpaired) electrons. The summed E-state index contributed by atoms with van der Waals surface area (Å²) in [5.74, 6) is -0.221. The number of hydrogen-bond acceptors (Lipinski definition) is 4. The molecule has 0 unspecified atom stereocenters. The molecule has 2 rings (SSSR count). The van der Waals surface area contributed by atoms with E-state index in [0.717, 1.165) is 18.4 Å². The zero-order valence-electron chi connectivity index (χ0n) is 14.7. The van der Waals surface area contributed by atoms with Crippen LogP contribution < -0.4 is 16.4 Å². The van der Waals surface area contributed by atoms with Crippen LogP contribution in [-0.2, 0) is 6.54 Å². The molecule has 0 saturated heterocycles. The summed E-state index contributed by atoms with van der Waals surface area (Å²) in [6, 6.07) is 10.9. The molecule has 25 heavy (non-hydrogen) atoms. The molecule has 0 bridgehead atoms. The summed E-state index contributed by atoms with van der Waals surface area (Å²) >= 11 is 1.41. The first-order chi connectivity index (χ1) is 12.0. The Hall–Kier alpha value is -2.18. The number of carbonyl (C=O) groups is 2. The maximum Gasteiger partial charge on any atom is 0.261 e. The molecule has 1 heterocycles. The van der Waals surface area contributed by atoms with Gasteiger partial charge in [-0.1, -0.05) is 32.0 Å². The molecule has 6 heteroatoms. The fraction of sp³-hybridized carbons (Fsp3) is 0.368. The van der Waals surface area contributed by atoms with Gasteiger partial charge in [0.15, 0.2) is 0 Å². The molecule has 4 N–H and O–H groups in total. The number of thiophene rings is 1. The molecule has 0 atom stereocenters. The van der Waals surface area contributed by atoms with Crippen molar-refractivity contribution in [2.45, 2.75) is 38.8 Å². The molecule has 1 aromatic heterocycles. The first kappa shape index (κ1) is 19.1. The van der Waals surface area contributed by atoms with Gasteiger partial charge in [-0.3, -0.25) is 9.59 Å². The van der Waals surface area contributed by atoms with Gasteiger partial charge in [-0.2, -0.15) is 0 Å². The zero-order chi connectivity index (χ0) is 18.3. The van der Waals surface area contributed by atoms with E-state index in [0.29, 0.717) is 23.5 Å². The third kappa shape index (κ3) is 5.41. The summed E-state index contributed by atoms with van der Waals surface area (Å²) in [6.07, 6.45) is 1.62. The van der Waals surface area contributed by atoms with Gasteiger partial charge in [0.25, 0.3) is 11.8 Å². The highest BCUT2D eigenvalue weighted by Crippen LogP contribution is 2.11. The van der Waals surface area contributed by atoms with Crippen molar-refractivity contribution in [3.05, 3.63) is 57.8 Å². The molecule has 0 spiro atoms. The van der Waals surface area contributed by atoms with E-state index in [-0.39, 0.29) is 17.4 Å². The Balaban J connectivity index is 1.86. The van der Waals surface area contributed by atoms with E-state index < -0.39 is 0 Å². The summed E-state index contributed by atoms with van der Waals surface area (Å²) in [7, 11) is 0. The lowest BCUT2D eigenvalue weighted by molar-refractivity contribution is 0.0937. The molecule has 2 aromatic rings. The van der Waals surface area contributed by atoms with Crippen LogP contribution in [0.2, 0.25) is 0 Å². The monoisotopic (exact) mass is 359 g/mol. The van der Waals surface area contributed by atoms with Crippen LogP contribution in [0.4, 0.5) is 0 Å². The van der Waals surface area contributed by atoms with Gasteiger partial charge < -0.3 is 16.4 Å². The van der Waals surface area contributed by atoms with E-state index >= 15 is 0 Å². The fourth-order valence-corrected chi connectivity index (χ4v) is 2.95. The minimum atomic E-state index is -0.359. The number of rotatable bonds is 8. The number of nitrogens with two attached hydrogens (primary N) is 1. The summed E-state index contributed by atoms with van der Waals surface area (Å²) in [5.41, 5.74) is 7.37. The van der Waals surface area contributed by atoms with E-state index in [1.807, 2.05) is 37.4 Å². The minimum Gasteiger partial charge on any atom is -0.350 e. The largest absolute Gasteiger partial charge is 0.350 e. The standard InChI is InChI=1S/C19H25N3O2S/c1-3-19(20,4-2)13-22-17(23)15-9-7-14(8-10-15)12-21-18(24)16-6-5-11-25-16/h5-11H,3-4,12-13,20H2,1-2H3,(H,21,24)(H,22,23). The van der Waals surface area contributed by atoms with Crippen molar-refractivity contribution in [2.75, 3.05) is 6.54 Å². The lowest BCUT2D eigenvalue weighted by atomic mass is 9.94. The Labute approximate surface area is 152 Å². The smallest absolute Gasteiger partial charge is 0.261 e. The van der Waals surface area contributed by atoms with Crippen LogP contribution in [0.1, 0.15) is 52.3 Å². The summed E-state index contributed by atoms with van der Waals surface area (Å²) in [5, 5.41) is 7.63. The van der Waals surface area contributed by atoms with Crippen LogP contribution >= 0.6 is 11.3 Å². The summed E-state index contributed by atoms with van der Waals surface area (Å²) in [4.78, 5) is 24.8. The Morgan fingerprint density at radius 2 is 1.72 bits per heavy atom. The number of nitrogens with one attached hydrogen (secondary N) is 2. The lowest BCUT2D eigenvalue weighted by Gasteiger charge is -2.26. The van der Waals surface area contributed by atoms with Crippen molar-refractivity contribution in [2.24, 2.45) is 5.73 Å². The van der Waals surface area contributed by atoms with E-state index in [4.69, 9.17) is 5.73 Å². The summed E-state index contributed by atoms with van der Waals surface area (Å²) < 4.78 is 0. The molecule has 0 fully saturated rings. The average molecular weight is 359 g/mol. The van der Waals surface area contributed by atoms with Crippen molar-refractivity contribution in [1.29, 1.82) is 0 Å². The van der Waals surface area contributed by atoms with Gasteiger partial charge in [-0.15, -0.1) is 11.3 Å². The quantitative estimate of drug-likeness (QED) is 0.677. The van der Waals surface area contributed by atoms with Gasteiger partial charge in [-0.05, 0) is 42.0 Å². The Morgan fingerprint density at radius 1 is 1.04 bits per heavy atom. The van der Waals surface area contributed by atoms with Crippen LogP contribution in [0, 0.1) is 0 Å². The Bertz CT molecular complexity index is 692. The van der Waals surface area contributed by atoms with Gasteiger partial charge in [0.1, 0.15) is 0 Å². The molecule has 0 aliphatic rings. The lowest BCUT2D eigenvalue weighted by Crippen LogP contribution is -2.49. The summed E-state index contributed by atoms with van der Waals surface area (Å²) in [6.45, 7) is 4.93. The molecule has 134 valence electrons. The van der Waals surface area contributed by atoms with E-state index in [1.54, 1.807) is 18.2 Å². The van der Waals surface area contributed by atoms with Crippen molar-refractivity contribution in [3.63, 3.8) is 0 Å². The minimum absolute atomic E-state index is 0.0877. The van der Waals surface area contributed by atoms with Gasteiger partial charge in [0, 0.05) is 24.2 Å². The second-order valence-electron chi connectivity index (χ2n) is 6.11. The number of hydrogen-bond donors (Lipinski definition) is 3. The number of carbonyl (C=O) groups excluding carboxylic acids is 2. The van der Waals surface area contributed by atoms with Crippen molar-refractivity contribution in [3.8, 4) is 0 Å². The number of benzene rings is 1. The Kier molecular flexibility index (Phi) is 6.73. The van der Waals surface area contributed by atoms with Crippen molar-refractivity contribution in [1.82, 2.24) is 10.6 Å². The third-order valence-electron chi connectivity index (χ3n) is 4.42. The first-order valence-electron chi connectivity index (χ1n) is 8.45. The van der Waals surface area contributed by atoms with E-state index in [1.165, 1.54) is 11.3 Å². The number of amides is 2. The molecule has 5 nitrogen and oxygen atoms in total. The topological polar surface area (TPSA) is 84.2 Å². The molecule has 2 amide bonds. The molecule has 0 aliphatic heterocycles. The van der Waals surface area contributed by atoms with Crippen LogP contribution in [0.5, 0.6) is 0 Å². The van der Waals surface area contributed by atoms with Gasteiger partial charge >= 0.3 is 0 Å². The second kappa shape index (κ2) is 8.78. The fourth-order valence-electron chi connectivity index (χ4n) is 2.31. The maximum absolute atomic E-state index is 12.2. The third-order valence-corrected chi connectivity index (χ3v) is 5.29. The highest BCUT2D eigenvalue weighted by Gasteiger charge is 2.21. The molecule has 1 aromatic carbocycles. The molecular weight excluding hydrogens is 334 g/mol. The van der Waals surface area contributed by atoms with Crippen LogP contribution in [0.3, 0.4) is 0 Å². The van der Waals surface area contributed by atoms with Crippen LogP contribution in [-0.4, -0.2) is 23.9 Å². The van der Waals surface area contributed by atoms with Crippen LogP contribution in [0.15, 0.2) is 41.8 Å². The van der Waals surface area contributed by atoms with E-state index in [2.05, 4.69) is 10.6 Å². The Morgan fingerprint density at radius 3 is 2.28 bits per heavy atom. The van der Waals surface area contributed by atoms with Gasteiger partial charge in [-0.25, -0.2) is 0 Å². The predicted octanol–water partition coefficient (Wildman–Crippen LogP) is 2.93. The maximum atomic E-state index is 12.2. The van der Waals surface area contributed by atoms with Crippen molar-refractivity contribution >= 4 is 23.2 Å². The van der Waals surface area contributed by atoms with Gasteiger partial charge in [0.2, 0.25) is 0 Å². The van der Waals surface area contributed by atoms with Gasteiger partial charge in [0.05, 0.1) is 4.88 Å². The second-order valence-corrected chi connectivity index (χ2v) is 7.06. The molecular formula is C19H25N3O2S.